The minimum absolute atomic E-state index is 0.282. The van der Waals surface area contributed by atoms with Gasteiger partial charge in [-0.2, -0.15) is 0 Å². The summed E-state index contributed by atoms with van der Waals surface area (Å²) in [5, 5.41) is 0. The van der Waals surface area contributed by atoms with Gasteiger partial charge in [0.15, 0.2) is 0 Å². The zero-order chi connectivity index (χ0) is 18.4. The lowest BCUT2D eigenvalue weighted by molar-refractivity contribution is 0.0342. The van der Waals surface area contributed by atoms with Gasteiger partial charge in [0.05, 0.1) is 18.1 Å². The molecule has 26 heavy (non-hydrogen) atoms. The van der Waals surface area contributed by atoms with Gasteiger partial charge in [-0.3, -0.25) is 4.90 Å². The van der Waals surface area contributed by atoms with Crippen molar-refractivity contribution in [3.05, 3.63) is 59.7 Å². The Hall–Kier alpha value is -1.38. The third-order valence-corrected chi connectivity index (χ3v) is 6.53. The van der Waals surface area contributed by atoms with Crippen molar-refractivity contribution in [3.8, 4) is 0 Å². The standard InChI is InChI=1S/C19H24N2O3S2/c1-25-18-6-8-19(9-7-18)26(22,23)20-14-16-2-4-17(5-3-16)15-21-10-12-24-13-11-21/h2-9,20H,10-15H2,1H3. The molecule has 3 rings (SSSR count). The maximum absolute atomic E-state index is 12.4. The molecular formula is C19H24N2O3S2. The predicted octanol–water partition coefficient (Wildman–Crippen LogP) is 2.72. The number of sulfonamides is 1. The van der Waals surface area contributed by atoms with Crippen molar-refractivity contribution in [2.24, 2.45) is 0 Å². The molecule has 5 nitrogen and oxygen atoms in total. The zero-order valence-electron chi connectivity index (χ0n) is 14.8. The number of rotatable bonds is 7. The van der Waals surface area contributed by atoms with Crippen molar-refractivity contribution in [2.75, 3.05) is 32.6 Å². The molecule has 1 aliphatic heterocycles. The lowest BCUT2D eigenvalue weighted by Crippen LogP contribution is -2.35. The van der Waals surface area contributed by atoms with E-state index < -0.39 is 10.0 Å². The Morgan fingerprint density at radius 3 is 2.23 bits per heavy atom. The molecular weight excluding hydrogens is 368 g/mol. The third kappa shape index (κ3) is 5.31. The maximum atomic E-state index is 12.4. The van der Waals surface area contributed by atoms with Crippen LogP contribution >= 0.6 is 11.8 Å². The monoisotopic (exact) mass is 392 g/mol. The summed E-state index contributed by atoms with van der Waals surface area (Å²) in [5.74, 6) is 0. The van der Waals surface area contributed by atoms with Crippen LogP contribution in [0.2, 0.25) is 0 Å². The van der Waals surface area contributed by atoms with Gasteiger partial charge in [-0.15, -0.1) is 11.8 Å². The minimum Gasteiger partial charge on any atom is -0.379 e. The second kappa shape index (κ2) is 9.01. The molecule has 1 saturated heterocycles. The van der Waals surface area contributed by atoms with Crippen molar-refractivity contribution >= 4 is 21.8 Å². The van der Waals surface area contributed by atoms with E-state index in [9.17, 15) is 8.42 Å². The van der Waals surface area contributed by atoms with Gasteiger partial charge in [0.25, 0.3) is 0 Å². The van der Waals surface area contributed by atoms with Crippen molar-refractivity contribution < 1.29 is 13.2 Å². The predicted molar refractivity (Wildman–Crippen MR) is 105 cm³/mol. The normalized spacial score (nSPS) is 15.9. The van der Waals surface area contributed by atoms with Crippen LogP contribution in [-0.4, -0.2) is 45.9 Å². The summed E-state index contributed by atoms with van der Waals surface area (Å²) in [5.41, 5.74) is 2.17. The molecule has 1 fully saturated rings. The molecule has 0 aliphatic carbocycles. The lowest BCUT2D eigenvalue weighted by Gasteiger charge is -2.26. The summed E-state index contributed by atoms with van der Waals surface area (Å²) in [6.45, 7) is 4.67. The summed E-state index contributed by atoms with van der Waals surface area (Å²) in [6.07, 6.45) is 1.96. The van der Waals surface area contributed by atoms with Crippen LogP contribution in [0.1, 0.15) is 11.1 Å². The second-order valence-corrected chi connectivity index (χ2v) is 8.85. The van der Waals surface area contributed by atoms with Crippen LogP contribution in [-0.2, 0) is 27.8 Å². The van der Waals surface area contributed by atoms with E-state index in [-0.39, 0.29) is 6.54 Å². The fraction of sp³-hybridized carbons (Fsp3) is 0.368. The van der Waals surface area contributed by atoms with Crippen LogP contribution in [0, 0.1) is 0 Å². The first-order valence-corrected chi connectivity index (χ1v) is 11.3. The number of nitrogens with one attached hydrogen (secondary N) is 1. The Balaban J connectivity index is 1.56. The van der Waals surface area contributed by atoms with E-state index in [4.69, 9.17) is 4.74 Å². The van der Waals surface area contributed by atoms with Gasteiger partial charge in [0, 0.05) is 31.1 Å². The van der Waals surface area contributed by atoms with Gasteiger partial charge in [-0.25, -0.2) is 13.1 Å². The van der Waals surface area contributed by atoms with Crippen LogP contribution in [0.15, 0.2) is 58.3 Å². The summed E-state index contributed by atoms with van der Waals surface area (Å²) >= 11 is 1.59. The van der Waals surface area contributed by atoms with Crippen LogP contribution in [0.5, 0.6) is 0 Å². The van der Waals surface area contributed by atoms with E-state index in [1.807, 2.05) is 30.5 Å². The highest BCUT2D eigenvalue weighted by atomic mass is 32.2. The second-order valence-electron chi connectivity index (χ2n) is 6.21. The number of thioether (sulfide) groups is 1. The van der Waals surface area contributed by atoms with E-state index >= 15 is 0 Å². The molecule has 0 unspecified atom stereocenters. The molecule has 0 amide bonds. The smallest absolute Gasteiger partial charge is 0.240 e. The third-order valence-electron chi connectivity index (χ3n) is 4.37. The Kier molecular flexibility index (Phi) is 6.72. The van der Waals surface area contributed by atoms with Gasteiger partial charge < -0.3 is 4.74 Å². The summed E-state index contributed by atoms with van der Waals surface area (Å²) < 4.78 is 32.8. The quantitative estimate of drug-likeness (QED) is 0.734. The Bertz CT molecular complexity index is 800. The Morgan fingerprint density at radius 2 is 1.62 bits per heavy atom. The average Bonchev–Trinajstić information content (AvgIpc) is 2.68. The molecule has 0 bridgehead atoms. The van der Waals surface area contributed by atoms with Gasteiger partial charge >= 0.3 is 0 Å². The number of nitrogens with zero attached hydrogens (tertiary/aromatic N) is 1. The first-order chi connectivity index (χ1) is 12.6. The van der Waals surface area contributed by atoms with Gasteiger partial charge in [0.2, 0.25) is 10.0 Å². The largest absolute Gasteiger partial charge is 0.379 e. The molecule has 2 aromatic carbocycles. The van der Waals surface area contributed by atoms with E-state index in [2.05, 4.69) is 21.8 Å². The van der Waals surface area contributed by atoms with E-state index in [0.29, 0.717) is 4.90 Å². The van der Waals surface area contributed by atoms with Crippen molar-refractivity contribution in [3.63, 3.8) is 0 Å². The van der Waals surface area contributed by atoms with Crippen LogP contribution in [0.4, 0.5) is 0 Å². The molecule has 0 atom stereocenters. The first-order valence-electron chi connectivity index (χ1n) is 8.58. The number of ether oxygens (including phenoxy) is 1. The molecule has 0 saturated carbocycles. The Morgan fingerprint density at radius 1 is 1.00 bits per heavy atom. The van der Waals surface area contributed by atoms with Crippen LogP contribution in [0.3, 0.4) is 0 Å². The lowest BCUT2D eigenvalue weighted by atomic mass is 10.1. The highest BCUT2D eigenvalue weighted by molar-refractivity contribution is 7.98. The maximum Gasteiger partial charge on any atom is 0.240 e. The SMILES string of the molecule is CSc1ccc(S(=O)(=O)NCc2ccc(CN3CCOCC3)cc2)cc1. The van der Waals surface area contributed by atoms with Crippen molar-refractivity contribution in [1.82, 2.24) is 9.62 Å². The number of benzene rings is 2. The van der Waals surface area contributed by atoms with Crippen molar-refractivity contribution in [1.29, 1.82) is 0 Å². The topological polar surface area (TPSA) is 58.6 Å². The first kappa shape index (κ1) is 19.4. The molecule has 2 aromatic rings. The van der Waals surface area contributed by atoms with Gasteiger partial charge in [0.1, 0.15) is 0 Å². The molecule has 1 N–H and O–H groups in total. The number of hydrogen-bond acceptors (Lipinski definition) is 5. The summed E-state index contributed by atoms with van der Waals surface area (Å²) in [6, 6.07) is 15.0. The van der Waals surface area contributed by atoms with E-state index in [0.717, 1.165) is 43.3 Å². The van der Waals surface area contributed by atoms with Gasteiger partial charge in [-0.05, 0) is 41.6 Å². The number of hydrogen-bond donors (Lipinski definition) is 1. The molecule has 0 aromatic heterocycles. The van der Waals surface area contributed by atoms with E-state index in [1.54, 1.807) is 23.9 Å². The van der Waals surface area contributed by atoms with Crippen LogP contribution in [0.25, 0.3) is 0 Å². The molecule has 0 radical (unpaired) electrons. The fourth-order valence-electron chi connectivity index (χ4n) is 2.80. The summed E-state index contributed by atoms with van der Waals surface area (Å²) in [7, 11) is -3.50. The minimum atomic E-state index is -3.50. The highest BCUT2D eigenvalue weighted by Crippen LogP contribution is 2.18. The molecule has 1 aliphatic rings. The zero-order valence-corrected chi connectivity index (χ0v) is 16.5. The molecule has 7 heteroatoms. The van der Waals surface area contributed by atoms with Gasteiger partial charge in [-0.1, -0.05) is 24.3 Å². The number of morpholine rings is 1. The molecule has 0 spiro atoms. The van der Waals surface area contributed by atoms with Crippen LogP contribution < -0.4 is 4.72 Å². The Labute approximate surface area is 159 Å². The molecule has 140 valence electrons. The molecule has 1 heterocycles. The highest BCUT2D eigenvalue weighted by Gasteiger charge is 2.14. The average molecular weight is 393 g/mol. The fourth-order valence-corrected chi connectivity index (χ4v) is 4.22. The van der Waals surface area contributed by atoms with E-state index in [1.165, 1.54) is 5.56 Å². The summed E-state index contributed by atoms with van der Waals surface area (Å²) in [4.78, 5) is 3.69. The van der Waals surface area contributed by atoms with Crippen molar-refractivity contribution in [2.45, 2.75) is 22.9 Å².